The molecule has 2 aliphatic carbocycles. The Bertz CT molecular complexity index is 382. The SMILES string of the molecule is COCC12CC3(CC3)CN1CC1(C2)CC1(F)F. The summed E-state index contributed by atoms with van der Waals surface area (Å²) >= 11 is 0. The van der Waals surface area contributed by atoms with Crippen molar-refractivity contribution in [3.05, 3.63) is 0 Å². The number of methoxy groups -OCH3 is 1. The number of fused-ring (bicyclic) bond motifs is 1. The lowest BCUT2D eigenvalue weighted by Crippen LogP contribution is -2.42. The maximum Gasteiger partial charge on any atom is 0.255 e. The zero-order valence-corrected chi connectivity index (χ0v) is 10.3. The predicted molar refractivity (Wildman–Crippen MR) is 59.1 cm³/mol. The Morgan fingerprint density at radius 1 is 1.12 bits per heavy atom. The van der Waals surface area contributed by atoms with Crippen molar-refractivity contribution in [2.24, 2.45) is 10.8 Å². The number of nitrogens with zero attached hydrogens (tertiary/aromatic N) is 1. The maximum absolute atomic E-state index is 13.6. The Hall–Kier alpha value is -0.220. The molecule has 0 aromatic rings. The largest absolute Gasteiger partial charge is 0.383 e. The van der Waals surface area contributed by atoms with Gasteiger partial charge in [-0.05, 0) is 31.1 Å². The van der Waals surface area contributed by atoms with Gasteiger partial charge >= 0.3 is 0 Å². The first-order chi connectivity index (χ1) is 7.95. The Morgan fingerprint density at radius 3 is 2.35 bits per heavy atom. The fourth-order valence-electron chi connectivity index (χ4n) is 4.61. The lowest BCUT2D eigenvalue weighted by molar-refractivity contribution is 0.0570. The van der Waals surface area contributed by atoms with E-state index in [-0.39, 0.29) is 12.0 Å². The van der Waals surface area contributed by atoms with Gasteiger partial charge in [0.2, 0.25) is 0 Å². The van der Waals surface area contributed by atoms with Gasteiger partial charge in [-0.1, -0.05) is 0 Å². The summed E-state index contributed by atoms with van der Waals surface area (Å²) in [6.45, 7) is 2.27. The van der Waals surface area contributed by atoms with E-state index in [1.807, 2.05) is 0 Å². The molecule has 2 saturated heterocycles. The molecule has 0 aromatic carbocycles. The van der Waals surface area contributed by atoms with Gasteiger partial charge in [0.15, 0.2) is 0 Å². The van der Waals surface area contributed by atoms with Crippen LogP contribution in [-0.4, -0.2) is 43.2 Å². The van der Waals surface area contributed by atoms with E-state index in [4.69, 9.17) is 4.74 Å². The minimum absolute atomic E-state index is 0.0643. The molecular weight excluding hydrogens is 224 g/mol. The number of rotatable bonds is 2. The lowest BCUT2D eigenvalue weighted by Gasteiger charge is -2.30. The van der Waals surface area contributed by atoms with Crippen LogP contribution in [0.1, 0.15) is 32.1 Å². The standard InChI is InChI=1S/C13H19F2NO/c1-17-9-12-4-10(2-3-10)7-16(12)8-11(5-12)6-13(11,14)15/h2-9H2,1H3. The van der Waals surface area contributed by atoms with Crippen molar-refractivity contribution < 1.29 is 13.5 Å². The number of hydrogen-bond donors (Lipinski definition) is 0. The van der Waals surface area contributed by atoms with E-state index in [0.717, 1.165) is 13.0 Å². The zero-order valence-electron chi connectivity index (χ0n) is 10.3. The highest BCUT2D eigenvalue weighted by molar-refractivity contribution is 5.25. The summed E-state index contributed by atoms with van der Waals surface area (Å²) in [6, 6.07) is 0. The first-order valence-corrected chi connectivity index (χ1v) is 6.57. The van der Waals surface area contributed by atoms with Crippen LogP contribution >= 0.6 is 0 Å². The third kappa shape index (κ3) is 1.21. The Morgan fingerprint density at radius 2 is 1.82 bits per heavy atom. The van der Waals surface area contributed by atoms with E-state index >= 15 is 0 Å². The molecule has 2 aliphatic heterocycles. The number of ether oxygens (including phenoxy) is 1. The summed E-state index contributed by atoms with van der Waals surface area (Å²) in [6.07, 6.45) is 4.43. The lowest BCUT2D eigenvalue weighted by atomic mass is 9.85. The summed E-state index contributed by atoms with van der Waals surface area (Å²) in [7, 11) is 1.70. The van der Waals surface area contributed by atoms with Crippen molar-refractivity contribution in [2.45, 2.75) is 43.6 Å². The van der Waals surface area contributed by atoms with E-state index in [0.29, 0.717) is 25.0 Å². The van der Waals surface area contributed by atoms with Crippen LogP contribution in [0.3, 0.4) is 0 Å². The van der Waals surface area contributed by atoms with Gasteiger partial charge in [-0.25, -0.2) is 8.78 Å². The molecule has 2 heterocycles. The molecule has 2 spiro atoms. The van der Waals surface area contributed by atoms with Crippen molar-refractivity contribution in [3.8, 4) is 0 Å². The van der Waals surface area contributed by atoms with Gasteiger partial charge in [-0.3, -0.25) is 4.90 Å². The average molecular weight is 243 g/mol. The van der Waals surface area contributed by atoms with E-state index in [2.05, 4.69) is 4.90 Å². The van der Waals surface area contributed by atoms with Crippen LogP contribution in [0.4, 0.5) is 8.78 Å². The van der Waals surface area contributed by atoms with Gasteiger partial charge in [0, 0.05) is 32.2 Å². The monoisotopic (exact) mass is 243 g/mol. The average Bonchev–Trinajstić information content (AvgIpc) is 2.96. The van der Waals surface area contributed by atoms with Gasteiger partial charge in [-0.2, -0.15) is 0 Å². The summed E-state index contributed by atoms with van der Waals surface area (Å²) in [5, 5.41) is 0. The topological polar surface area (TPSA) is 12.5 Å². The van der Waals surface area contributed by atoms with Crippen molar-refractivity contribution in [1.29, 1.82) is 0 Å². The third-order valence-corrected chi connectivity index (χ3v) is 5.64. The van der Waals surface area contributed by atoms with Crippen LogP contribution in [0, 0.1) is 10.8 Å². The highest BCUT2D eigenvalue weighted by atomic mass is 19.3. The zero-order chi connectivity index (χ0) is 11.9. The van der Waals surface area contributed by atoms with Gasteiger partial charge in [0.05, 0.1) is 12.0 Å². The quantitative estimate of drug-likeness (QED) is 0.738. The highest BCUT2D eigenvalue weighted by Crippen LogP contribution is 2.72. The van der Waals surface area contributed by atoms with Crippen LogP contribution in [-0.2, 0) is 4.74 Å². The van der Waals surface area contributed by atoms with E-state index < -0.39 is 11.3 Å². The van der Waals surface area contributed by atoms with Crippen molar-refractivity contribution in [1.82, 2.24) is 4.90 Å². The summed E-state index contributed by atoms with van der Waals surface area (Å²) < 4.78 is 32.5. The normalized spacial score (nSPS) is 48.9. The molecule has 2 atom stereocenters. The van der Waals surface area contributed by atoms with E-state index in [1.54, 1.807) is 7.11 Å². The summed E-state index contributed by atoms with van der Waals surface area (Å²) in [5.41, 5.74) is -0.280. The van der Waals surface area contributed by atoms with Crippen LogP contribution < -0.4 is 0 Å². The van der Waals surface area contributed by atoms with Crippen molar-refractivity contribution in [2.75, 3.05) is 26.8 Å². The van der Waals surface area contributed by atoms with Gasteiger partial charge in [-0.15, -0.1) is 0 Å². The number of halogens is 2. The molecule has 0 aromatic heterocycles. The maximum atomic E-state index is 13.6. The minimum atomic E-state index is -2.41. The Balaban J connectivity index is 1.63. The van der Waals surface area contributed by atoms with Crippen LogP contribution in [0.2, 0.25) is 0 Å². The molecule has 2 unspecified atom stereocenters. The molecule has 0 amide bonds. The third-order valence-electron chi connectivity index (χ3n) is 5.64. The first-order valence-electron chi connectivity index (χ1n) is 6.57. The highest BCUT2D eigenvalue weighted by Gasteiger charge is 2.79. The minimum Gasteiger partial charge on any atom is -0.383 e. The smallest absolute Gasteiger partial charge is 0.255 e. The molecule has 4 fully saturated rings. The first kappa shape index (κ1) is 10.7. The van der Waals surface area contributed by atoms with Crippen LogP contribution in [0.5, 0.6) is 0 Å². The molecule has 96 valence electrons. The molecule has 17 heavy (non-hydrogen) atoms. The van der Waals surface area contributed by atoms with Gasteiger partial charge in [0.1, 0.15) is 0 Å². The molecule has 2 saturated carbocycles. The number of hydrogen-bond acceptors (Lipinski definition) is 2. The molecule has 0 bridgehead atoms. The molecular formula is C13H19F2NO. The van der Waals surface area contributed by atoms with Gasteiger partial charge in [0.25, 0.3) is 5.92 Å². The van der Waals surface area contributed by atoms with Crippen LogP contribution in [0.15, 0.2) is 0 Å². The molecule has 2 nitrogen and oxygen atoms in total. The second-order valence-electron chi connectivity index (χ2n) is 7.03. The van der Waals surface area contributed by atoms with Crippen LogP contribution in [0.25, 0.3) is 0 Å². The summed E-state index contributed by atoms with van der Waals surface area (Å²) in [4.78, 5) is 2.34. The van der Waals surface area contributed by atoms with Crippen molar-refractivity contribution >= 4 is 0 Å². The van der Waals surface area contributed by atoms with Gasteiger partial charge < -0.3 is 4.74 Å². The van der Waals surface area contributed by atoms with E-state index in [1.165, 1.54) is 12.8 Å². The second kappa shape index (κ2) is 2.69. The summed E-state index contributed by atoms with van der Waals surface area (Å²) in [5.74, 6) is -2.41. The van der Waals surface area contributed by atoms with Crippen molar-refractivity contribution in [3.63, 3.8) is 0 Å². The molecule has 4 aliphatic rings. The number of alkyl halides is 2. The van der Waals surface area contributed by atoms with E-state index in [9.17, 15) is 8.78 Å². The Kier molecular flexibility index (Phi) is 1.69. The fraction of sp³-hybridized carbons (Fsp3) is 1.00. The Labute approximate surface area is 100 Å². The molecule has 0 radical (unpaired) electrons. The predicted octanol–water partition coefficient (Wildman–Crippen LogP) is 2.29. The molecule has 4 rings (SSSR count). The second-order valence-corrected chi connectivity index (χ2v) is 7.03. The fourth-order valence-corrected chi connectivity index (χ4v) is 4.61. The molecule has 4 heteroatoms. The molecule has 0 N–H and O–H groups in total.